The third-order valence-corrected chi connectivity index (χ3v) is 5.20. The van der Waals surface area contributed by atoms with Gasteiger partial charge in [-0.15, -0.1) is 0 Å². The van der Waals surface area contributed by atoms with Crippen molar-refractivity contribution in [2.75, 3.05) is 6.61 Å². The maximum atomic E-state index is 12.8. The molecule has 168 valence electrons. The fraction of sp³-hybridized carbons (Fsp3) is 0.700. The Morgan fingerprint density at radius 2 is 1.93 bits per heavy atom. The Balaban J connectivity index is 2.19. The number of rotatable bonds is 7. The van der Waals surface area contributed by atoms with E-state index in [1.807, 2.05) is 0 Å². The Morgan fingerprint density at radius 1 is 1.30 bits per heavy atom. The highest BCUT2D eigenvalue weighted by molar-refractivity contribution is 5.94. The molecule has 2 rings (SSSR count). The molecule has 0 aliphatic heterocycles. The van der Waals surface area contributed by atoms with E-state index in [0.717, 1.165) is 6.26 Å². The number of aliphatic hydroxyl groups is 1. The van der Waals surface area contributed by atoms with Gasteiger partial charge in [0.2, 0.25) is 5.91 Å². The van der Waals surface area contributed by atoms with Gasteiger partial charge >= 0.3 is 18.0 Å². The summed E-state index contributed by atoms with van der Waals surface area (Å²) in [6, 6.07) is -1.04. The minimum absolute atomic E-state index is 0.0530. The molecule has 0 aromatic carbocycles. The lowest BCUT2D eigenvalue weighted by Gasteiger charge is -2.32. The first-order valence-electron chi connectivity index (χ1n) is 9.86. The van der Waals surface area contributed by atoms with E-state index in [9.17, 15) is 24.3 Å². The average Bonchev–Trinajstić information content (AvgIpc) is 3.29. The van der Waals surface area contributed by atoms with E-state index in [2.05, 4.69) is 17.2 Å². The number of ether oxygens (including phenoxy) is 3. The van der Waals surface area contributed by atoms with Crippen LogP contribution in [0.3, 0.4) is 0 Å². The quantitative estimate of drug-likeness (QED) is 0.306. The van der Waals surface area contributed by atoms with Crippen LogP contribution in [0, 0.1) is 17.8 Å². The predicted octanol–water partition coefficient (Wildman–Crippen LogP) is 0.631. The van der Waals surface area contributed by atoms with Gasteiger partial charge in [0.05, 0.1) is 24.9 Å². The van der Waals surface area contributed by atoms with Crippen molar-refractivity contribution in [2.24, 2.45) is 17.8 Å². The van der Waals surface area contributed by atoms with Gasteiger partial charge in [-0.25, -0.2) is 9.59 Å². The molecule has 2 fully saturated rings. The molecule has 0 bridgehead atoms. The van der Waals surface area contributed by atoms with Gasteiger partial charge in [-0.3, -0.25) is 9.59 Å². The predicted molar refractivity (Wildman–Crippen MR) is 104 cm³/mol. The van der Waals surface area contributed by atoms with Gasteiger partial charge in [-0.2, -0.15) is 0 Å². The molecule has 2 aliphatic carbocycles. The van der Waals surface area contributed by atoms with Crippen LogP contribution in [0.2, 0.25) is 0 Å². The summed E-state index contributed by atoms with van der Waals surface area (Å²) < 4.78 is 15.1. The van der Waals surface area contributed by atoms with Gasteiger partial charge in [0.1, 0.15) is 17.2 Å². The SMILES string of the molecule is C=COC(=O)[C@H]1[C@H]2[C@@H]1[C@](NC(=O)[C@@H](C)NC(=O)OC(C)(C)C)(C(=O)OCC)C[C@@H]2O. The van der Waals surface area contributed by atoms with Crippen molar-refractivity contribution < 1.29 is 38.5 Å². The molecular formula is C20H30N2O8. The van der Waals surface area contributed by atoms with Crippen LogP contribution in [0.4, 0.5) is 4.79 Å². The number of carbonyl (C=O) groups excluding carboxylic acids is 4. The van der Waals surface area contributed by atoms with Crippen molar-refractivity contribution in [3.05, 3.63) is 12.8 Å². The third kappa shape index (κ3) is 4.75. The number of carbonyl (C=O) groups is 4. The summed E-state index contributed by atoms with van der Waals surface area (Å²) in [5, 5.41) is 15.4. The van der Waals surface area contributed by atoms with Crippen LogP contribution in [-0.2, 0) is 28.6 Å². The van der Waals surface area contributed by atoms with E-state index < -0.39 is 65.0 Å². The first kappa shape index (κ1) is 23.7. The topological polar surface area (TPSA) is 140 Å². The normalized spacial score (nSPS) is 30.3. The minimum Gasteiger partial charge on any atom is -0.464 e. The number of esters is 2. The largest absolute Gasteiger partial charge is 0.464 e. The van der Waals surface area contributed by atoms with E-state index in [1.165, 1.54) is 6.92 Å². The monoisotopic (exact) mass is 426 g/mol. The van der Waals surface area contributed by atoms with Crippen LogP contribution in [0.1, 0.15) is 41.0 Å². The number of alkyl carbamates (subject to hydrolysis) is 1. The van der Waals surface area contributed by atoms with E-state index in [0.29, 0.717) is 0 Å². The first-order valence-corrected chi connectivity index (χ1v) is 9.86. The second-order valence-corrected chi connectivity index (χ2v) is 8.55. The summed E-state index contributed by atoms with van der Waals surface area (Å²) >= 11 is 0. The lowest BCUT2D eigenvalue weighted by Crippen LogP contribution is -2.61. The fourth-order valence-corrected chi connectivity index (χ4v) is 4.06. The molecule has 0 saturated heterocycles. The second-order valence-electron chi connectivity index (χ2n) is 8.55. The molecular weight excluding hydrogens is 396 g/mol. The average molecular weight is 426 g/mol. The van der Waals surface area contributed by atoms with Gasteiger partial charge in [0.25, 0.3) is 0 Å². The molecule has 3 N–H and O–H groups in total. The van der Waals surface area contributed by atoms with E-state index >= 15 is 0 Å². The van der Waals surface area contributed by atoms with Gasteiger partial charge < -0.3 is 30.0 Å². The number of amides is 2. The molecule has 0 heterocycles. The molecule has 30 heavy (non-hydrogen) atoms. The van der Waals surface area contributed by atoms with Crippen LogP contribution >= 0.6 is 0 Å². The molecule has 2 amide bonds. The maximum absolute atomic E-state index is 12.8. The molecule has 0 radical (unpaired) electrons. The van der Waals surface area contributed by atoms with E-state index in [1.54, 1.807) is 27.7 Å². The molecule has 0 aromatic rings. The summed E-state index contributed by atoms with van der Waals surface area (Å²) in [6.07, 6.45) is -0.931. The lowest BCUT2D eigenvalue weighted by atomic mass is 9.89. The standard InChI is InChI=1S/C20H30N2O8/c1-7-28-16(25)13-12-11(23)9-20(14(12)13,17(26)29-8-2)22-15(24)10(3)21-18(27)30-19(4,5)6/h7,10-14,23H,1,8-9H2,2-6H3,(H,21,27)(H,22,24)/t10-,11+,12+,13+,14+,20+/m1/s1. The highest BCUT2D eigenvalue weighted by Crippen LogP contribution is 2.63. The van der Waals surface area contributed by atoms with Gasteiger partial charge in [0, 0.05) is 18.3 Å². The van der Waals surface area contributed by atoms with Crippen molar-refractivity contribution in [2.45, 2.75) is 64.3 Å². The fourth-order valence-electron chi connectivity index (χ4n) is 4.06. The maximum Gasteiger partial charge on any atom is 0.408 e. The van der Waals surface area contributed by atoms with Crippen molar-refractivity contribution in [1.82, 2.24) is 10.6 Å². The highest BCUT2D eigenvalue weighted by atomic mass is 16.6. The smallest absolute Gasteiger partial charge is 0.408 e. The second kappa shape index (κ2) is 8.63. The molecule has 10 heteroatoms. The molecule has 10 nitrogen and oxygen atoms in total. The van der Waals surface area contributed by atoms with Crippen LogP contribution in [0.25, 0.3) is 0 Å². The van der Waals surface area contributed by atoms with E-state index in [-0.39, 0.29) is 13.0 Å². The lowest BCUT2D eigenvalue weighted by molar-refractivity contribution is -0.156. The number of fused-ring (bicyclic) bond motifs is 1. The first-order chi connectivity index (χ1) is 13.9. The van der Waals surface area contributed by atoms with Crippen molar-refractivity contribution in [3.8, 4) is 0 Å². The Bertz CT molecular complexity index is 731. The van der Waals surface area contributed by atoms with Crippen molar-refractivity contribution in [1.29, 1.82) is 0 Å². The summed E-state index contributed by atoms with van der Waals surface area (Å²) in [7, 11) is 0. The Kier molecular flexibility index (Phi) is 6.80. The Morgan fingerprint density at radius 3 is 2.47 bits per heavy atom. The molecule has 2 saturated carbocycles. The summed E-state index contributed by atoms with van der Waals surface area (Å²) in [6.45, 7) is 11.5. The summed E-state index contributed by atoms with van der Waals surface area (Å²) in [5.74, 6) is -4.06. The molecule has 0 aromatic heterocycles. The van der Waals surface area contributed by atoms with Crippen molar-refractivity contribution >= 4 is 23.9 Å². The van der Waals surface area contributed by atoms with Gasteiger partial charge in [-0.1, -0.05) is 6.58 Å². The highest BCUT2D eigenvalue weighted by Gasteiger charge is 2.76. The van der Waals surface area contributed by atoms with Gasteiger partial charge in [0.15, 0.2) is 0 Å². The van der Waals surface area contributed by atoms with Gasteiger partial charge in [-0.05, 0) is 34.6 Å². The number of nitrogens with one attached hydrogen (secondary N) is 2. The molecule has 2 aliphatic rings. The molecule has 0 spiro atoms. The van der Waals surface area contributed by atoms with Crippen molar-refractivity contribution in [3.63, 3.8) is 0 Å². The zero-order chi connectivity index (χ0) is 22.9. The summed E-state index contributed by atoms with van der Waals surface area (Å²) in [4.78, 5) is 49.7. The van der Waals surface area contributed by atoms with Crippen LogP contribution < -0.4 is 10.6 Å². The Labute approximate surface area is 175 Å². The Hall–Kier alpha value is -2.62. The number of hydrogen-bond donors (Lipinski definition) is 3. The van der Waals surface area contributed by atoms with Crippen LogP contribution in [0.5, 0.6) is 0 Å². The summed E-state index contributed by atoms with van der Waals surface area (Å²) in [5.41, 5.74) is -2.35. The van der Waals surface area contributed by atoms with E-state index in [4.69, 9.17) is 14.2 Å². The van der Waals surface area contributed by atoms with Crippen LogP contribution in [0.15, 0.2) is 12.8 Å². The zero-order valence-electron chi connectivity index (χ0n) is 17.9. The zero-order valence-corrected chi connectivity index (χ0v) is 17.9. The number of aliphatic hydroxyl groups excluding tert-OH is 1. The third-order valence-electron chi connectivity index (χ3n) is 5.20. The molecule has 6 atom stereocenters. The van der Waals surface area contributed by atoms with Crippen LogP contribution in [-0.4, -0.2) is 58.9 Å². The molecule has 0 unspecified atom stereocenters. The minimum atomic E-state index is -1.61. The number of hydrogen-bond acceptors (Lipinski definition) is 8.